The first-order chi connectivity index (χ1) is 8.51. The van der Waals surface area contributed by atoms with Crippen LogP contribution < -0.4 is 5.32 Å². The van der Waals surface area contributed by atoms with Crippen molar-refractivity contribution in [2.75, 3.05) is 26.2 Å². The number of hydrogen-bond acceptors (Lipinski definition) is 3. The van der Waals surface area contributed by atoms with Crippen LogP contribution in [-0.4, -0.2) is 42.4 Å². The molecule has 0 bridgehead atoms. The molecule has 0 aliphatic carbocycles. The number of piperazine rings is 1. The van der Waals surface area contributed by atoms with Crippen molar-refractivity contribution >= 4 is 21.7 Å². The van der Waals surface area contributed by atoms with E-state index in [2.05, 4.69) is 26.1 Å². The van der Waals surface area contributed by atoms with Gasteiger partial charge in [0.25, 0.3) is 0 Å². The fourth-order valence-corrected chi connectivity index (χ4v) is 2.59. The molecule has 0 aromatic heterocycles. The number of benzene rings is 1. The lowest BCUT2D eigenvalue weighted by Gasteiger charge is -2.40. The van der Waals surface area contributed by atoms with Crippen LogP contribution in [0.2, 0.25) is 0 Å². The Labute approximate surface area is 117 Å². The minimum Gasteiger partial charge on any atom is -0.314 e. The summed E-state index contributed by atoms with van der Waals surface area (Å²) in [6.45, 7) is 7.80. The van der Waals surface area contributed by atoms with E-state index in [1.54, 1.807) is 0 Å². The molecule has 1 fully saturated rings. The van der Waals surface area contributed by atoms with Crippen molar-refractivity contribution < 1.29 is 4.79 Å². The van der Waals surface area contributed by atoms with E-state index in [0.29, 0.717) is 0 Å². The summed E-state index contributed by atoms with van der Waals surface area (Å²) in [5.41, 5.74) is 0.345. The van der Waals surface area contributed by atoms with Gasteiger partial charge < -0.3 is 5.32 Å². The predicted molar refractivity (Wildman–Crippen MR) is 77.0 cm³/mol. The van der Waals surface area contributed by atoms with Gasteiger partial charge in [-0.25, -0.2) is 0 Å². The molecule has 1 aliphatic heterocycles. The lowest BCUT2D eigenvalue weighted by molar-refractivity contribution is 0.0602. The van der Waals surface area contributed by atoms with E-state index in [1.807, 2.05) is 38.1 Å². The molecular formula is C14H19BrN2O. The van der Waals surface area contributed by atoms with Gasteiger partial charge in [-0.15, -0.1) is 0 Å². The Hall–Kier alpha value is -0.710. The van der Waals surface area contributed by atoms with E-state index in [0.717, 1.165) is 36.2 Å². The molecule has 1 aromatic rings. The summed E-state index contributed by atoms with van der Waals surface area (Å²) < 4.78 is 0.999. The Kier molecular flexibility index (Phi) is 4.20. The molecule has 1 heterocycles. The van der Waals surface area contributed by atoms with Crippen molar-refractivity contribution in [3.8, 4) is 0 Å². The normalized spacial score (nSPS) is 17.7. The molecule has 0 unspecified atom stereocenters. The average molecular weight is 311 g/mol. The SMILES string of the molecule is CC(C)(C(=O)c1ccc(Br)cc1)N1CCNCC1. The van der Waals surface area contributed by atoms with Crippen LogP contribution in [0.4, 0.5) is 0 Å². The van der Waals surface area contributed by atoms with Crippen molar-refractivity contribution in [3.05, 3.63) is 34.3 Å². The van der Waals surface area contributed by atoms with Crippen molar-refractivity contribution in [1.82, 2.24) is 10.2 Å². The van der Waals surface area contributed by atoms with Gasteiger partial charge in [-0.2, -0.15) is 0 Å². The minimum absolute atomic E-state index is 0.192. The van der Waals surface area contributed by atoms with Gasteiger partial charge in [0.2, 0.25) is 0 Å². The summed E-state index contributed by atoms with van der Waals surface area (Å²) >= 11 is 3.39. The minimum atomic E-state index is -0.435. The van der Waals surface area contributed by atoms with Crippen LogP contribution in [-0.2, 0) is 0 Å². The van der Waals surface area contributed by atoms with Gasteiger partial charge >= 0.3 is 0 Å². The van der Waals surface area contributed by atoms with E-state index in [-0.39, 0.29) is 5.78 Å². The van der Waals surface area contributed by atoms with Crippen LogP contribution in [0, 0.1) is 0 Å². The second-order valence-electron chi connectivity index (χ2n) is 5.13. The number of nitrogens with zero attached hydrogens (tertiary/aromatic N) is 1. The highest BCUT2D eigenvalue weighted by molar-refractivity contribution is 9.10. The van der Waals surface area contributed by atoms with E-state index in [4.69, 9.17) is 0 Å². The molecule has 1 saturated heterocycles. The molecule has 98 valence electrons. The summed E-state index contributed by atoms with van der Waals surface area (Å²) in [7, 11) is 0. The summed E-state index contributed by atoms with van der Waals surface area (Å²) in [4.78, 5) is 14.9. The third-order valence-electron chi connectivity index (χ3n) is 3.57. The van der Waals surface area contributed by atoms with E-state index >= 15 is 0 Å². The van der Waals surface area contributed by atoms with Gasteiger partial charge in [0.05, 0.1) is 5.54 Å². The number of carbonyl (C=O) groups excluding carboxylic acids is 1. The summed E-state index contributed by atoms with van der Waals surface area (Å²) in [6.07, 6.45) is 0. The first-order valence-electron chi connectivity index (χ1n) is 6.28. The maximum absolute atomic E-state index is 12.6. The monoisotopic (exact) mass is 310 g/mol. The molecule has 0 atom stereocenters. The van der Waals surface area contributed by atoms with Crippen molar-refractivity contribution in [2.24, 2.45) is 0 Å². The first-order valence-corrected chi connectivity index (χ1v) is 7.07. The lowest BCUT2D eigenvalue weighted by atomic mass is 9.91. The van der Waals surface area contributed by atoms with E-state index in [1.165, 1.54) is 0 Å². The maximum atomic E-state index is 12.6. The largest absolute Gasteiger partial charge is 0.314 e. The Morgan fingerprint density at radius 3 is 2.33 bits per heavy atom. The van der Waals surface area contributed by atoms with Crippen LogP contribution in [0.3, 0.4) is 0 Å². The molecule has 3 nitrogen and oxygen atoms in total. The molecular weight excluding hydrogens is 292 g/mol. The van der Waals surface area contributed by atoms with Gasteiger partial charge in [-0.1, -0.05) is 28.1 Å². The predicted octanol–water partition coefficient (Wildman–Crippen LogP) is 2.32. The summed E-state index contributed by atoms with van der Waals surface area (Å²) in [6, 6.07) is 7.61. The molecule has 0 saturated carbocycles. The molecule has 1 aromatic carbocycles. The second kappa shape index (κ2) is 5.51. The number of Topliss-reactive ketones (excluding diaryl/α,β-unsaturated/α-hetero) is 1. The van der Waals surface area contributed by atoms with E-state index < -0.39 is 5.54 Å². The zero-order valence-electron chi connectivity index (χ0n) is 10.9. The molecule has 1 N–H and O–H groups in total. The number of ketones is 1. The van der Waals surface area contributed by atoms with Crippen LogP contribution in [0.5, 0.6) is 0 Å². The highest BCUT2D eigenvalue weighted by Gasteiger charge is 2.35. The molecule has 0 spiro atoms. The van der Waals surface area contributed by atoms with Gasteiger partial charge in [0, 0.05) is 36.2 Å². The van der Waals surface area contributed by atoms with Gasteiger partial charge in [0.15, 0.2) is 5.78 Å². The van der Waals surface area contributed by atoms with Crippen molar-refractivity contribution in [1.29, 1.82) is 0 Å². The molecule has 0 amide bonds. The third-order valence-corrected chi connectivity index (χ3v) is 4.10. The number of hydrogen-bond donors (Lipinski definition) is 1. The summed E-state index contributed by atoms with van der Waals surface area (Å²) in [5.74, 6) is 0.192. The topological polar surface area (TPSA) is 32.3 Å². The molecule has 0 radical (unpaired) electrons. The standard InChI is InChI=1S/C14H19BrN2O/c1-14(2,17-9-7-16-8-10-17)13(18)11-3-5-12(15)6-4-11/h3-6,16H,7-10H2,1-2H3. The molecule has 4 heteroatoms. The highest BCUT2D eigenvalue weighted by Crippen LogP contribution is 2.22. The highest BCUT2D eigenvalue weighted by atomic mass is 79.9. The smallest absolute Gasteiger partial charge is 0.182 e. The van der Waals surface area contributed by atoms with E-state index in [9.17, 15) is 4.79 Å². The van der Waals surface area contributed by atoms with Crippen LogP contribution in [0.15, 0.2) is 28.7 Å². The number of halogens is 1. The van der Waals surface area contributed by atoms with Crippen LogP contribution in [0.25, 0.3) is 0 Å². The molecule has 18 heavy (non-hydrogen) atoms. The van der Waals surface area contributed by atoms with Crippen LogP contribution >= 0.6 is 15.9 Å². The van der Waals surface area contributed by atoms with Crippen molar-refractivity contribution in [3.63, 3.8) is 0 Å². The zero-order valence-corrected chi connectivity index (χ0v) is 12.5. The first kappa shape index (κ1) is 13.7. The number of carbonyl (C=O) groups is 1. The average Bonchev–Trinajstić information content (AvgIpc) is 2.40. The third kappa shape index (κ3) is 2.82. The Morgan fingerprint density at radius 2 is 1.78 bits per heavy atom. The van der Waals surface area contributed by atoms with Crippen molar-refractivity contribution in [2.45, 2.75) is 19.4 Å². The quantitative estimate of drug-likeness (QED) is 0.870. The van der Waals surface area contributed by atoms with Gasteiger partial charge in [-0.05, 0) is 26.0 Å². The Bertz CT molecular complexity index is 422. The Balaban J connectivity index is 2.17. The Morgan fingerprint density at radius 1 is 1.22 bits per heavy atom. The number of rotatable bonds is 3. The second-order valence-corrected chi connectivity index (χ2v) is 6.05. The number of nitrogens with one attached hydrogen (secondary N) is 1. The molecule has 2 rings (SSSR count). The maximum Gasteiger partial charge on any atom is 0.182 e. The molecule has 1 aliphatic rings. The van der Waals surface area contributed by atoms with Gasteiger partial charge in [0.1, 0.15) is 0 Å². The zero-order chi connectivity index (χ0) is 13.2. The van der Waals surface area contributed by atoms with Gasteiger partial charge in [-0.3, -0.25) is 9.69 Å². The van der Waals surface area contributed by atoms with Crippen LogP contribution in [0.1, 0.15) is 24.2 Å². The summed E-state index contributed by atoms with van der Waals surface area (Å²) in [5, 5.41) is 3.31. The lowest BCUT2D eigenvalue weighted by Crippen LogP contribution is -2.57. The fourth-order valence-electron chi connectivity index (χ4n) is 2.32. The fraction of sp³-hybridized carbons (Fsp3) is 0.500.